The van der Waals surface area contributed by atoms with Gasteiger partial charge in [0.2, 0.25) is 0 Å². The highest BCUT2D eigenvalue weighted by Crippen LogP contribution is 2.25. The Morgan fingerprint density at radius 2 is 1.86 bits per heavy atom. The van der Waals surface area contributed by atoms with Gasteiger partial charge in [-0.25, -0.2) is 9.78 Å². The maximum absolute atomic E-state index is 10.8. The van der Waals surface area contributed by atoms with Crippen LogP contribution in [0.1, 0.15) is 5.56 Å². The molecule has 4 nitrogen and oxygen atoms in total. The minimum absolute atomic E-state index is 0.793. The molecular weight excluding hydrogens is 264 g/mol. The van der Waals surface area contributed by atoms with Crippen LogP contribution >= 0.6 is 0 Å². The third-order valence-corrected chi connectivity index (χ3v) is 3.13. The maximum atomic E-state index is 10.8. The molecule has 0 fully saturated rings. The van der Waals surface area contributed by atoms with E-state index in [9.17, 15) is 4.79 Å². The number of carboxylic acid groups (broad SMARTS) is 1. The fourth-order valence-electron chi connectivity index (χ4n) is 2.17. The zero-order valence-corrected chi connectivity index (χ0v) is 11.1. The number of fused-ring (bicyclic) bond motifs is 1. The van der Waals surface area contributed by atoms with Gasteiger partial charge < -0.3 is 5.11 Å². The van der Waals surface area contributed by atoms with Crippen LogP contribution in [0, 0.1) is 0 Å². The second-order valence-electron chi connectivity index (χ2n) is 4.52. The Bertz CT molecular complexity index is 827. The second kappa shape index (κ2) is 5.54. The summed E-state index contributed by atoms with van der Waals surface area (Å²) in [6.07, 6.45) is 6.15. The highest BCUT2D eigenvalue weighted by atomic mass is 16.4. The van der Waals surface area contributed by atoms with E-state index in [-0.39, 0.29) is 0 Å². The standard InChI is InChI=1S/C17H12N2O2/c20-17(21)6-5-13-11-16(12-7-9-18-10-8-12)19-15-4-2-1-3-14(13)15/h1-11H,(H,20,21). The molecule has 0 aliphatic carbocycles. The molecule has 0 saturated heterocycles. The minimum Gasteiger partial charge on any atom is -0.478 e. The normalized spacial score (nSPS) is 11.0. The van der Waals surface area contributed by atoms with Crippen molar-refractivity contribution in [3.05, 3.63) is 66.5 Å². The Kier molecular flexibility index (Phi) is 3.43. The van der Waals surface area contributed by atoms with Crippen molar-refractivity contribution in [2.75, 3.05) is 0 Å². The first-order valence-corrected chi connectivity index (χ1v) is 6.45. The van der Waals surface area contributed by atoms with Crippen LogP contribution < -0.4 is 0 Å². The van der Waals surface area contributed by atoms with E-state index in [0.717, 1.165) is 33.8 Å². The van der Waals surface area contributed by atoms with Gasteiger partial charge in [-0.3, -0.25) is 4.98 Å². The van der Waals surface area contributed by atoms with Crippen LogP contribution in [0.15, 0.2) is 60.9 Å². The zero-order chi connectivity index (χ0) is 14.7. The lowest BCUT2D eigenvalue weighted by Gasteiger charge is -2.06. The van der Waals surface area contributed by atoms with Crippen molar-refractivity contribution in [3.8, 4) is 11.3 Å². The van der Waals surface area contributed by atoms with Gasteiger partial charge in [0.25, 0.3) is 0 Å². The average Bonchev–Trinajstić information content (AvgIpc) is 2.53. The van der Waals surface area contributed by atoms with Crippen molar-refractivity contribution < 1.29 is 9.90 Å². The topological polar surface area (TPSA) is 63.1 Å². The Hall–Kier alpha value is -3.01. The first kappa shape index (κ1) is 13.0. The van der Waals surface area contributed by atoms with Crippen molar-refractivity contribution >= 4 is 22.9 Å². The Morgan fingerprint density at radius 3 is 2.62 bits per heavy atom. The van der Waals surface area contributed by atoms with E-state index in [1.165, 1.54) is 0 Å². The summed E-state index contributed by atoms with van der Waals surface area (Å²) in [5, 5.41) is 9.75. The van der Waals surface area contributed by atoms with Gasteiger partial charge in [-0.2, -0.15) is 0 Å². The molecule has 0 aliphatic rings. The molecule has 2 heterocycles. The summed E-state index contributed by atoms with van der Waals surface area (Å²) in [6, 6.07) is 13.3. The number of rotatable bonds is 3. The number of carbonyl (C=O) groups is 1. The monoisotopic (exact) mass is 276 g/mol. The van der Waals surface area contributed by atoms with E-state index < -0.39 is 5.97 Å². The molecule has 102 valence electrons. The molecular formula is C17H12N2O2. The Labute approximate surface area is 121 Å². The molecule has 1 N–H and O–H groups in total. The fourth-order valence-corrected chi connectivity index (χ4v) is 2.17. The van der Waals surface area contributed by atoms with Crippen LogP contribution in [0.2, 0.25) is 0 Å². The van der Waals surface area contributed by atoms with Crippen LogP contribution in [-0.4, -0.2) is 21.0 Å². The number of aliphatic carboxylic acids is 1. The molecule has 0 aliphatic heterocycles. The lowest BCUT2D eigenvalue weighted by atomic mass is 10.0. The largest absolute Gasteiger partial charge is 0.478 e. The van der Waals surface area contributed by atoms with Crippen molar-refractivity contribution in [1.82, 2.24) is 9.97 Å². The molecule has 0 atom stereocenters. The summed E-state index contributed by atoms with van der Waals surface area (Å²) < 4.78 is 0. The van der Waals surface area contributed by atoms with Crippen molar-refractivity contribution in [2.24, 2.45) is 0 Å². The molecule has 0 amide bonds. The zero-order valence-electron chi connectivity index (χ0n) is 11.1. The van der Waals surface area contributed by atoms with E-state index in [2.05, 4.69) is 9.97 Å². The predicted octanol–water partition coefficient (Wildman–Crippen LogP) is 3.39. The highest BCUT2D eigenvalue weighted by molar-refractivity contribution is 5.94. The highest BCUT2D eigenvalue weighted by Gasteiger charge is 2.05. The van der Waals surface area contributed by atoms with E-state index in [1.54, 1.807) is 18.5 Å². The summed E-state index contributed by atoms with van der Waals surface area (Å²) in [4.78, 5) is 19.4. The lowest BCUT2D eigenvalue weighted by Crippen LogP contribution is -1.90. The molecule has 2 aromatic heterocycles. The van der Waals surface area contributed by atoms with Crippen LogP contribution in [0.5, 0.6) is 0 Å². The van der Waals surface area contributed by atoms with Gasteiger partial charge in [-0.15, -0.1) is 0 Å². The molecule has 0 unspecified atom stereocenters. The van der Waals surface area contributed by atoms with Crippen LogP contribution in [-0.2, 0) is 4.79 Å². The number of carboxylic acids is 1. The van der Waals surface area contributed by atoms with Gasteiger partial charge >= 0.3 is 5.97 Å². The average molecular weight is 276 g/mol. The van der Waals surface area contributed by atoms with Crippen LogP contribution in [0.4, 0.5) is 0 Å². The van der Waals surface area contributed by atoms with Crippen molar-refractivity contribution in [3.63, 3.8) is 0 Å². The van der Waals surface area contributed by atoms with Gasteiger partial charge in [0.05, 0.1) is 11.2 Å². The van der Waals surface area contributed by atoms with Gasteiger partial charge in [0.1, 0.15) is 0 Å². The first-order valence-electron chi connectivity index (χ1n) is 6.45. The van der Waals surface area contributed by atoms with E-state index in [0.29, 0.717) is 0 Å². The molecule has 0 bridgehead atoms. The smallest absolute Gasteiger partial charge is 0.328 e. The molecule has 0 saturated carbocycles. The Balaban J connectivity index is 2.22. The van der Waals surface area contributed by atoms with Gasteiger partial charge in [-0.1, -0.05) is 18.2 Å². The number of para-hydroxylation sites is 1. The van der Waals surface area contributed by atoms with E-state index >= 15 is 0 Å². The third-order valence-electron chi connectivity index (χ3n) is 3.13. The maximum Gasteiger partial charge on any atom is 0.328 e. The second-order valence-corrected chi connectivity index (χ2v) is 4.52. The summed E-state index contributed by atoms with van der Waals surface area (Å²) in [5.41, 5.74) is 3.40. The molecule has 4 heteroatoms. The number of pyridine rings is 2. The Morgan fingerprint density at radius 1 is 1.10 bits per heavy atom. The number of benzene rings is 1. The number of aromatic nitrogens is 2. The summed E-state index contributed by atoms with van der Waals surface area (Å²) >= 11 is 0. The number of hydrogen-bond donors (Lipinski definition) is 1. The lowest BCUT2D eigenvalue weighted by molar-refractivity contribution is -0.131. The quantitative estimate of drug-likeness (QED) is 0.745. The SMILES string of the molecule is O=C(O)C=Cc1cc(-c2ccncc2)nc2ccccc12. The first-order chi connectivity index (χ1) is 10.2. The molecule has 1 aromatic carbocycles. The van der Waals surface area contributed by atoms with Crippen molar-refractivity contribution in [2.45, 2.75) is 0 Å². The van der Waals surface area contributed by atoms with Gasteiger partial charge in [0, 0.05) is 29.4 Å². The van der Waals surface area contributed by atoms with E-state index in [1.807, 2.05) is 42.5 Å². The minimum atomic E-state index is -0.971. The fraction of sp³-hybridized carbons (Fsp3) is 0. The number of hydrogen-bond acceptors (Lipinski definition) is 3. The molecule has 0 spiro atoms. The van der Waals surface area contributed by atoms with Gasteiger partial charge in [0.15, 0.2) is 0 Å². The van der Waals surface area contributed by atoms with Crippen LogP contribution in [0.3, 0.4) is 0 Å². The summed E-state index contributed by atoms with van der Waals surface area (Å²) in [6.45, 7) is 0. The number of nitrogens with zero attached hydrogens (tertiary/aromatic N) is 2. The predicted molar refractivity (Wildman–Crippen MR) is 81.6 cm³/mol. The molecule has 3 aromatic rings. The van der Waals surface area contributed by atoms with Gasteiger partial charge in [-0.05, 0) is 35.9 Å². The molecule has 3 rings (SSSR count). The molecule has 0 radical (unpaired) electrons. The molecule has 21 heavy (non-hydrogen) atoms. The van der Waals surface area contributed by atoms with E-state index in [4.69, 9.17) is 5.11 Å². The summed E-state index contributed by atoms with van der Waals surface area (Å²) in [5.74, 6) is -0.971. The summed E-state index contributed by atoms with van der Waals surface area (Å²) in [7, 11) is 0. The third kappa shape index (κ3) is 2.79. The van der Waals surface area contributed by atoms with Crippen molar-refractivity contribution in [1.29, 1.82) is 0 Å². The van der Waals surface area contributed by atoms with Crippen LogP contribution in [0.25, 0.3) is 28.2 Å².